The third kappa shape index (κ3) is 6.82. The molecule has 0 heterocycles. The predicted octanol–water partition coefficient (Wildman–Crippen LogP) is 15.7. The number of allylic oxidation sites excluding steroid dienone is 9. The second-order valence-corrected chi connectivity index (χ2v) is 15.1. The van der Waals surface area contributed by atoms with E-state index in [9.17, 15) is 0 Å². The van der Waals surface area contributed by atoms with Gasteiger partial charge in [-0.2, -0.15) is 0 Å². The first-order valence-electron chi connectivity index (χ1n) is 20.4. The predicted molar refractivity (Wildman–Crippen MR) is 249 cm³/mol. The van der Waals surface area contributed by atoms with Gasteiger partial charge in [0.1, 0.15) is 0 Å². The largest absolute Gasteiger partial charge is 0.310 e. The zero-order valence-corrected chi connectivity index (χ0v) is 32.4. The van der Waals surface area contributed by atoms with Gasteiger partial charge in [0.05, 0.1) is 0 Å². The minimum Gasteiger partial charge on any atom is -0.310 e. The van der Waals surface area contributed by atoms with Crippen molar-refractivity contribution in [2.75, 3.05) is 4.90 Å². The molecule has 0 radical (unpaired) electrons. The van der Waals surface area contributed by atoms with E-state index < -0.39 is 0 Å². The second-order valence-electron chi connectivity index (χ2n) is 15.1. The average Bonchev–Trinajstić information content (AvgIpc) is 3.53. The molecular weight excluding hydrogens is 699 g/mol. The first-order chi connectivity index (χ1) is 28.8. The van der Waals surface area contributed by atoms with Crippen molar-refractivity contribution in [3.05, 3.63) is 247 Å². The van der Waals surface area contributed by atoms with Crippen molar-refractivity contribution in [3.8, 4) is 22.3 Å². The summed E-state index contributed by atoms with van der Waals surface area (Å²) in [5.41, 5.74) is 15.8. The van der Waals surface area contributed by atoms with E-state index in [0.717, 1.165) is 36.3 Å². The fraction of sp³-hybridized carbons (Fsp3) is 0.0526. The number of nitrogens with zero attached hydrogens (tertiary/aromatic N) is 1. The highest BCUT2D eigenvalue weighted by Crippen LogP contribution is 2.41. The minimum absolute atomic E-state index is 0.830. The molecule has 2 aliphatic carbocycles. The van der Waals surface area contributed by atoms with Crippen LogP contribution >= 0.6 is 0 Å². The van der Waals surface area contributed by atoms with Gasteiger partial charge in [-0.15, -0.1) is 0 Å². The van der Waals surface area contributed by atoms with Gasteiger partial charge in [0.2, 0.25) is 0 Å². The SMILES string of the molecule is C1=CC(c2ccc(-c3ccc(N(C4=CC(c5ccccc5)=C(c5ccccc5)CC=C4)c4ccc(-c5cccc6ccccc56)cc4)cc3)c3ccccc23)=CCC1. The van der Waals surface area contributed by atoms with Crippen LogP contribution in [0.4, 0.5) is 11.4 Å². The molecule has 0 N–H and O–H groups in total. The Morgan fingerprint density at radius 3 is 1.62 bits per heavy atom. The summed E-state index contributed by atoms with van der Waals surface area (Å²) in [5, 5.41) is 5.07. The van der Waals surface area contributed by atoms with E-state index in [1.54, 1.807) is 0 Å². The smallest absolute Gasteiger partial charge is 0.0464 e. The summed E-state index contributed by atoms with van der Waals surface area (Å²) in [7, 11) is 0. The molecule has 0 spiro atoms. The number of hydrogen-bond donors (Lipinski definition) is 0. The normalized spacial score (nSPS) is 14.0. The lowest BCUT2D eigenvalue weighted by atomic mass is 9.90. The highest BCUT2D eigenvalue weighted by Gasteiger charge is 2.20. The summed E-state index contributed by atoms with van der Waals surface area (Å²) < 4.78 is 0. The summed E-state index contributed by atoms with van der Waals surface area (Å²) >= 11 is 0. The minimum atomic E-state index is 0.830. The molecule has 10 rings (SSSR count). The van der Waals surface area contributed by atoms with Gasteiger partial charge < -0.3 is 4.90 Å². The van der Waals surface area contributed by atoms with Crippen molar-refractivity contribution in [3.63, 3.8) is 0 Å². The molecule has 58 heavy (non-hydrogen) atoms. The van der Waals surface area contributed by atoms with E-state index in [4.69, 9.17) is 0 Å². The number of anilines is 2. The molecule has 0 atom stereocenters. The number of hydrogen-bond acceptors (Lipinski definition) is 1. The first-order valence-corrected chi connectivity index (χ1v) is 20.4. The topological polar surface area (TPSA) is 3.24 Å². The average molecular weight is 742 g/mol. The van der Waals surface area contributed by atoms with Crippen LogP contribution in [0.1, 0.15) is 36.0 Å². The molecule has 0 saturated carbocycles. The van der Waals surface area contributed by atoms with Crippen molar-refractivity contribution in [1.82, 2.24) is 0 Å². The summed E-state index contributed by atoms with van der Waals surface area (Å²) in [6.07, 6.45) is 17.0. The molecule has 0 saturated heterocycles. The Morgan fingerprint density at radius 1 is 0.379 bits per heavy atom. The van der Waals surface area contributed by atoms with Gasteiger partial charge in [-0.3, -0.25) is 0 Å². The van der Waals surface area contributed by atoms with Crippen molar-refractivity contribution < 1.29 is 0 Å². The number of fused-ring (bicyclic) bond motifs is 2. The van der Waals surface area contributed by atoms with E-state index in [1.807, 2.05) is 0 Å². The second kappa shape index (κ2) is 15.7. The molecule has 0 aromatic heterocycles. The molecule has 1 nitrogen and oxygen atoms in total. The van der Waals surface area contributed by atoms with Crippen LogP contribution in [0, 0.1) is 0 Å². The van der Waals surface area contributed by atoms with Crippen molar-refractivity contribution in [1.29, 1.82) is 0 Å². The van der Waals surface area contributed by atoms with Gasteiger partial charge in [0.25, 0.3) is 0 Å². The Balaban J connectivity index is 1.10. The molecule has 0 aliphatic heterocycles. The molecule has 0 amide bonds. The van der Waals surface area contributed by atoms with Crippen LogP contribution in [0.3, 0.4) is 0 Å². The first kappa shape index (κ1) is 35.2. The lowest BCUT2D eigenvalue weighted by Gasteiger charge is -2.27. The zero-order valence-electron chi connectivity index (χ0n) is 32.4. The Labute approximate surface area is 341 Å². The number of benzene rings is 8. The summed E-state index contributed by atoms with van der Waals surface area (Å²) in [6.45, 7) is 0. The number of rotatable bonds is 8. The molecule has 8 aromatic carbocycles. The Hall–Kier alpha value is -7.22. The third-order valence-corrected chi connectivity index (χ3v) is 11.6. The van der Waals surface area contributed by atoms with E-state index in [1.165, 1.54) is 77.2 Å². The van der Waals surface area contributed by atoms with Gasteiger partial charge in [-0.25, -0.2) is 0 Å². The maximum absolute atomic E-state index is 2.41. The molecule has 0 fully saturated rings. The van der Waals surface area contributed by atoms with Gasteiger partial charge in [-0.1, -0.05) is 188 Å². The maximum Gasteiger partial charge on any atom is 0.0464 e. The molecule has 8 aromatic rings. The van der Waals surface area contributed by atoms with E-state index in [0.29, 0.717) is 0 Å². The van der Waals surface area contributed by atoms with Crippen LogP contribution in [0.5, 0.6) is 0 Å². The summed E-state index contributed by atoms with van der Waals surface area (Å²) in [6, 6.07) is 68.6. The lowest BCUT2D eigenvalue weighted by molar-refractivity contribution is 1.04. The summed E-state index contributed by atoms with van der Waals surface area (Å²) in [4.78, 5) is 2.41. The van der Waals surface area contributed by atoms with Gasteiger partial charge in [-0.05, 0) is 133 Å². The quantitative estimate of drug-likeness (QED) is 0.150. The van der Waals surface area contributed by atoms with Crippen molar-refractivity contribution >= 4 is 49.6 Å². The molecule has 1 heteroatoms. The van der Waals surface area contributed by atoms with Crippen molar-refractivity contribution in [2.24, 2.45) is 0 Å². The van der Waals surface area contributed by atoms with Gasteiger partial charge in [0, 0.05) is 17.1 Å². The van der Waals surface area contributed by atoms with Crippen LogP contribution in [0.25, 0.3) is 60.5 Å². The van der Waals surface area contributed by atoms with E-state index >= 15 is 0 Å². The Bertz CT molecular complexity index is 2920. The van der Waals surface area contributed by atoms with Crippen LogP contribution in [-0.4, -0.2) is 0 Å². The Kier molecular flexibility index (Phi) is 9.55. The standard InChI is InChI=1S/C57H43N/c1-4-16-41(17-5-1)52-29-15-24-49(40-57(52)44-20-8-3-9-21-44)58(47-34-30-45(31-35-47)51-28-14-23-43-22-10-11-25-50(43)51)48-36-32-46(33-37-48)54-39-38-53(42-18-6-2-7-19-42)55-26-12-13-27-56(54)55/h1,3-6,8-28,30-40H,2,7,29H2. The molecule has 0 unspecified atom stereocenters. The molecule has 276 valence electrons. The van der Waals surface area contributed by atoms with Crippen LogP contribution in [0.15, 0.2) is 230 Å². The van der Waals surface area contributed by atoms with Crippen LogP contribution in [0.2, 0.25) is 0 Å². The van der Waals surface area contributed by atoms with Crippen LogP contribution < -0.4 is 4.90 Å². The van der Waals surface area contributed by atoms with Gasteiger partial charge >= 0.3 is 0 Å². The maximum atomic E-state index is 2.41. The fourth-order valence-electron chi connectivity index (χ4n) is 8.74. The van der Waals surface area contributed by atoms with E-state index in [2.05, 4.69) is 229 Å². The monoisotopic (exact) mass is 741 g/mol. The third-order valence-electron chi connectivity index (χ3n) is 11.6. The molecule has 2 aliphatic rings. The molecule has 0 bridgehead atoms. The molecular formula is C57H43N. The van der Waals surface area contributed by atoms with Crippen molar-refractivity contribution in [2.45, 2.75) is 19.3 Å². The summed E-state index contributed by atoms with van der Waals surface area (Å²) in [5.74, 6) is 0. The lowest BCUT2D eigenvalue weighted by Crippen LogP contribution is -2.15. The highest BCUT2D eigenvalue weighted by atomic mass is 15.1. The Morgan fingerprint density at radius 2 is 0.948 bits per heavy atom. The van der Waals surface area contributed by atoms with Gasteiger partial charge in [0.15, 0.2) is 0 Å². The highest BCUT2D eigenvalue weighted by molar-refractivity contribution is 6.04. The fourth-order valence-corrected chi connectivity index (χ4v) is 8.74. The van der Waals surface area contributed by atoms with Crippen LogP contribution in [-0.2, 0) is 0 Å². The zero-order chi connectivity index (χ0) is 38.7. The van der Waals surface area contributed by atoms with E-state index in [-0.39, 0.29) is 0 Å².